The zero-order valence-electron chi connectivity index (χ0n) is 8.46. The van der Waals surface area contributed by atoms with Gasteiger partial charge in [0.1, 0.15) is 18.3 Å². The van der Waals surface area contributed by atoms with Crippen molar-refractivity contribution in [3.8, 4) is 0 Å². The molecule has 98 valence electrons. The molecule has 0 amide bonds. The summed E-state index contributed by atoms with van der Waals surface area (Å²) in [5, 5.41) is 48.0. The maximum absolute atomic E-state index is 10.3. The Morgan fingerprint density at radius 1 is 1.29 bits per heavy atom. The zero-order chi connectivity index (χ0) is 13.6. The minimum Gasteiger partial charge on any atom is -0.479 e. The quantitative estimate of drug-likeness (QED) is 0.146. The van der Waals surface area contributed by atoms with E-state index in [1.165, 1.54) is 0 Å². The first-order valence-electron chi connectivity index (χ1n) is 4.31. The molecule has 0 radical (unpaired) electrons. The number of hydrazone groups is 1. The van der Waals surface area contributed by atoms with Gasteiger partial charge in [0.25, 0.3) is 0 Å². The van der Waals surface area contributed by atoms with Crippen LogP contribution in [0.3, 0.4) is 0 Å². The van der Waals surface area contributed by atoms with Crippen LogP contribution in [0.4, 0.5) is 0 Å². The molecule has 0 aliphatic rings. The SMILES string of the molecule is NC(=S)N/N=C/C(O)C(O)C(O)C(O)C(=O)O. The molecule has 0 heterocycles. The monoisotopic (exact) mass is 267 g/mol. The predicted molar refractivity (Wildman–Crippen MR) is 60.1 cm³/mol. The molecule has 0 aromatic carbocycles. The van der Waals surface area contributed by atoms with E-state index in [0.717, 1.165) is 6.21 Å². The van der Waals surface area contributed by atoms with E-state index in [1.54, 1.807) is 0 Å². The van der Waals surface area contributed by atoms with E-state index in [9.17, 15) is 15.0 Å². The summed E-state index contributed by atoms with van der Waals surface area (Å²) in [6.45, 7) is 0. The van der Waals surface area contributed by atoms with Gasteiger partial charge >= 0.3 is 5.97 Å². The van der Waals surface area contributed by atoms with Gasteiger partial charge in [-0.1, -0.05) is 0 Å². The van der Waals surface area contributed by atoms with Gasteiger partial charge in [0.2, 0.25) is 0 Å². The van der Waals surface area contributed by atoms with Gasteiger partial charge in [0, 0.05) is 0 Å². The van der Waals surface area contributed by atoms with E-state index < -0.39 is 30.4 Å². The molecule has 0 aromatic rings. The number of hydrogen-bond donors (Lipinski definition) is 7. The summed E-state index contributed by atoms with van der Waals surface area (Å²) in [5.74, 6) is -1.73. The largest absolute Gasteiger partial charge is 0.479 e. The van der Waals surface area contributed by atoms with Gasteiger partial charge in [-0.05, 0) is 12.2 Å². The Labute approximate surface area is 101 Å². The van der Waals surface area contributed by atoms with Crippen molar-refractivity contribution in [3.63, 3.8) is 0 Å². The lowest BCUT2D eigenvalue weighted by molar-refractivity contribution is -0.160. The Morgan fingerprint density at radius 2 is 1.82 bits per heavy atom. The van der Waals surface area contributed by atoms with Gasteiger partial charge in [0.05, 0.1) is 6.21 Å². The van der Waals surface area contributed by atoms with Crippen LogP contribution >= 0.6 is 12.2 Å². The molecule has 4 atom stereocenters. The number of aliphatic carboxylic acids is 1. The number of hydrogen-bond acceptors (Lipinski definition) is 7. The van der Waals surface area contributed by atoms with Crippen LogP contribution in [-0.2, 0) is 4.79 Å². The first-order chi connectivity index (χ1) is 7.77. The molecule has 0 saturated carbocycles. The molecule has 0 rings (SSSR count). The second kappa shape index (κ2) is 7.09. The Hall–Kier alpha value is -1.33. The summed E-state index contributed by atoms with van der Waals surface area (Å²) in [7, 11) is 0. The van der Waals surface area contributed by atoms with E-state index in [0.29, 0.717) is 0 Å². The molecule has 8 N–H and O–H groups in total. The Morgan fingerprint density at radius 3 is 2.24 bits per heavy atom. The average molecular weight is 267 g/mol. The lowest BCUT2D eigenvalue weighted by atomic mass is 10.0. The highest BCUT2D eigenvalue weighted by molar-refractivity contribution is 7.80. The fraction of sp³-hybridized carbons (Fsp3) is 0.571. The van der Waals surface area contributed by atoms with Gasteiger partial charge < -0.3 is 31.3 Å². The van der Waals surface area contributed by atoms with Gasteiger partial charge in [-0.15, -0.1) is 0 Å². The number of carboxylic acid groups (broad SMARTS) is 1. The zero-order valence-corrected chi connectivity index (χ0v) is 9.28. The summed E-state index contributed by atoms with van der Waals surface area (Å²) >= 11 is 4.38. The number of thiocarbonyl (C=S) groups is 1. The maximum Gasteiger partial charge on any atom is 0.335 e. The fourth-order valence-electron chi connectivity index (χ4n) is 0.800. The van der Waals surface area contributed by atoms with Gasteiger partial charge in [-0.25, -0.2) is 4.79 Å². The molecule has 0 saturated heterocycles. The van der Waals surface area contributed by atoms with Gasteiger partial charge in [0.15, 0.2) is 11.2 Å². The van der Waals surface area contributed by atoms with Crippen molar-refractivity contribution in [3.05, 3.63) is 0 Å². The highest BCUT2D eigenvalue weighted by atomic mass is 32.1. The van der Waals surface area contributed by atoms with E-state index in [1.807, 2.05) is 0 Å². The molecule has 0 aliphatic carbocycles. The van der Waals surface area contributed by atoms with Crippen LogP contribution in [0.25, 0.3) is 0 Å². The number of carbonyl (C=O) groups is 1. The fourth-order valence-corrected chi connectivity index (χ4v) is 0.853. The highest BCUT2D eigenvalue weighted by Crippen LogP contribution is 2.04. The molecule has 0 aliphatic heterocycles. The van der Waals surface area contributed by atoms with Gasteiger partial charge in [-0.2, -0.15) is 5.10 Å². The van der Waals surface area contributed by atoms with E-state index >= 15 is 0 Å². The van der Waals surface area contributed by atoms with Crippen molar-refractivity contribution in [1.29, 1.82) is 0 Å². The second-order valence-electron chi connectivity index (χ2n) is 3.01. The Kier molecular flexibility index (Phi) is 6.53. The van der Waals surface area contributed by atoms with Crippen molar-refractivity contribution in [1.82, 2.24) is 5.43 Å². The first-order valence-corrected chi connectivity index (χ1v) is 4.72. The van der Waals surface area contributed by atoms with Crippen molar-refractivity contribution in [2.75, 3.05) is 0 Å². The van der Waals surface area contributed by atoms with E-state index in [-0.39, 0.29) is 5.11 Å². The van der Waals surface area contributed by atoms with Crippen molar-refractivity contribution in [2.45, 2.75) is 24.4 Å². The topological polar surface area (TPSA) is 169 Å². The number of nitrogens with two attached hydrogens (primary N) is 1. The van der Waals surface area contributed by atoms with Crippen molar-refractivity contribution in [2.24, 2.45) is 10.8 Å². The summed E-state index contributed by atoms with van der Waals surface area (Å²) in [6.07, 6.45) is -7.20. The van der Waals surface area contributed by atoms with Gasteiger partial charge in [-0.3, -0.25) is 5.43 Å². The third-order valence-corrected chi connectivity index (χ3v) is 1.77. The van der Waals surface area contributed by atoms with Crippen LogP contribution in [0.1, 0.15) is 0 Å². The van der Waals surface area contributed by atoms with Crippen LogP contribution in [0.2, 0.25) is 0 Å². The first kappa shape index (κ1) is 15.7. The normalized spacial score (nSPS) is 18.4. The highest BCUT2D eigenvalue weighted by Gasteiger charge is 2.33. The number of carboxylic acids is 1. The van der Waals surface area contributed by atoms with Crippen LogP contribution in [-0.4, -0.2) is 67.2 Å². The van der Waals surface area contributed by atoms with Crippen LogP contribution in [0, 0.1) is 0 Å². The molecular formula is C7H13N3O6S. The molecule has 0 spiro atoms. The van der Waals surface area contributed by atoms with Crippen LogP contribution in [0.5, 0.6) is 0 Å². The summed E-state index contributed by atoms with van der Waals surface area (Å²) in [6, 6.07) is 0. The number of aliphatic hydroxyl groups is 4. The lowest BCUT2D eigenvalue weighted by Gasteiger charge is -2.22. The standard InChI is InChI=1S/C7H13N3O6S/c8-7(17)10-9-1-2(11)3(12)4(13)5(14)6(15)16/h1-5,11-14H,(H,15,16)(H3,8,10,17)/b9-1+. The van der Waals surface area contributed by atoms with Crippen molar-refractivity contribution < 1.29 is 30.3 Å². The number of aliphatic hydroxyl groups excluding tert-OH is 4. The molecule has 0 aromatic heterocycles. The average Bonchev–Trinajstić information content (AvgIpc) is 2.25. The molecule has 0 fully saturated rings. The molecule has 0 bridgehead atoms. The summed E-state index contributed by atoms with van der Waals surface area (Å²) in [5.41, 5.74) is 7.07. The minimum atomic E-state index is -2.23. The number of nitrogens with one attached hydrogen (secondary N) is 1. The number of rotatable bonds is 6. The molecule has 9 nitrogen and oxygen atoms in total. The minimum absolute atomic E-state index is 0.186. The summed E-state index contributed by atoms with van der Waals surface area (Å²) < 4.78 is 0. The predicted octanol–water partition coefficient (Wildman–Crippen LogP) is -3.67. The third-order valence-electron chi connectivity index (χ3n) is 1.68. The Balaban J connectivity index is 4.38. The summed E-state index contributed by atoms with van der Waals surface area (Å²) in [4.78, 5) is 10.3. The van der Waals surface area contributed by atoms with E-state index in [2.05, 4.69) is 22.7 Å². The molecule has 10 heteroatoms. The molecule has 4 unspecified atom stereocenters. The Bertz CT molecular complexity index is 312. The van der Waals surface area contributed by atoms with Crippen LogP contribution < -0.4 is 11.2 Å². The maximum atomic E-state index is 10.3. The van der Waals surface area contributed by atoms with E-state index in [4.69, 9.17) is 21.1 Å². The molecule has 17 heavy (non-hydrogen) atoms. The van der Waals surface area contributed by atoms with Crippen LogP contribution in [0.15, 0.2) is 5.10 Å². The second-order valence-corrected chi connectivity index (χ2v) is 3.45. The third kappa shape index (κ3) is 5.51. The lowest BCUT2D eigenvalue weighted by Crippen LogP contribution is -2.48. The molecular weight excluding hydrogens is 254 g/mol. The number of nitrogens with zero attached hydrogens (tertiary/aromatic N) is 1. The smallest absolute Gasteiger partial charge is 0.335 e. The van der Waals surface area contributed by atoms with Crippen molar-refractivity contribution >= 4 is 29.5 Å².